The van der Waals surface area contributed by atoms with E-state index in [4.69, 9.17) is 5.11 Å². The summed E-state index contributed by atoms with van der Waals surface area (Å²) in [5, 5.41) is 9.03. The normalized spacial score (nSPS) is 17.5. The lowest BCUT2D eigenvalue weighted by Crippen LogP contribution is -2.40. The fourth-order valence-corrected chi connectivity index (χ4v) is 3.94. The maximum absolute atomic E-state index is 12.3. The van der Waals surface area contributed by atoms with E-state index in [1.165, 1.54) is 18.2 Å². The van der Waals surface area contributed by atoms with Crippen molar-refractivity contribution in [3.8, 4) is 0 Å². The second-order valence-electron chi connectivity index (χ2n) is 5.05. The van der Waals surface area contributed by atoms with Crippen molar-refractivity contribution < 1.29 is 18.3 Å². The van der Waals surface area contributed by atoms with Crippen LogP contribution in [-0.2, 0) is 10.0 Å². The second kappa shape index (κ2) is 5.83. The summed E-state index contributed by atoms with van der Waals surface area (Å²) in [6.07, 6.45) is 3.20. The summed E-state index contributed by atoms with van der Waals surface area (Å²) in [6.45, 7) is 1.85. The van der Waals surface area contributed by atoms with E-state index in [9.17, 15) is 13.2 Å². The number of carbonyl (C=O) groups is 1. The zero-order chi connectivity index (χ0) is 14.9. The summed E-state index contributed by atoms with van der Waals surface area (Å²) < 4.78 is 27.5. The molecule has 1 aliphatic rings. The molecule has 0 amide bonds. The number of halogens is 1. The Kier molecular flexibility index (Phi) is 4.51. The summed E-state index contributed by atoms with van der Waals surface area (Å²) in [4.78, 5) is 11.0. The summed E-state index contributed by atoms with van der Waals surface area (Å²) in [6, 6.07) is 3.87. The average molecular weight is 362 g/mol. The summed E-state index contributed by atoms with van der Waals surface area (Å²) in [5.74, 6) is -0.792. The predicted molar refractivity (Wildman–Crippen MR) is 78.2 cm³/mol. The van der Waals surface area contributed by atoms with Gasteiger partial charge in [-0.1, -0.05) is 6.42 Å². The van der Waals surface area contributed by atoms with Crippen LogP contribution < -0.4 is 4.72 Å². The number of hydrogen-bond acceptors (Lipinski definition) is 3. The quantitative estimate of drug-likeness (QED) is 0.844. The molecule has 1 aromatic rings. The molecule has 1 saturated carbocycles. The first kappa shape index (κ1) is 15.5. The molecular formula is C13H16BrNO4S. The van der Waals surface area contributed by atoms with E-state index in [0.717, 1.165) is 19.3 Å². The number of carboxylic acids is 1. The lowest BCUT2D eigenvalue weighted by atomic mass is 9.81. The van der Waals surface area contributed by atoms with Crippen molar-refractivity contribution >= 4 is 31.9 Å². The molecule has 2 rings (SSSR count). The van der Waals surface area contributed by atoms with Crippen molar-refractivity contribution in [2.75, 3.05) is 0 Å². The molecule has 0 spiro atoms. The van der Waals surface area contributed by atoms with Gasteiger partial charge in [-0.2, -0.15) is 0 Å². The van der Waals surface area contributed by atoms with Gasteiger partial charge in [-0.15, -0.1) is 0 Å². The van der Waals surface area contributed by atoms with Gasteiger partial charge in [-0.25, -0.2) is 17.9 Å². The lowest BCUT2D eigenvalue weighted by molar-refractivity contribution is 0.0695. The number of benzene rings is 1. The Bertz CT molecular complexity index is 625. The minimum absolute atomic E-state index is 0.0238. The number of rotatable bonds is 5. The first-order valence-corrected chi connectivity index (χ1v) is 8.64. The third-order valence-electron chi connectivity index (χ3n) is 3.68. The minimum atomic E-state index is -3.69. The van der Waals surface area contributed by atoms with Gasteiger partial charge in [-0.3, -0.25) is 0 Å². The van der Waals surface area contributed by atoms with Gasteiger partial charge in [0, 0.05) is 10.5 Å². The van der Waals surface area contributed by atoms with Gasteiger partial charge in [0.1, 0.15) is 0 Å². The van der Waals surface area contributed by atoms with Crippen LogP contribution >= 0.6 is 15.9 Å². The molecule has 1 fully saturated rings. The maximum Gasteiger partial charge on any atom is 0.336 e. The molecule has 1 atom stereocenters. The molecule has 0 radical (unpaired) electrons. The molecule has 0 aromatic heterocycles. The monoisotopic (exact) mass is 361 g/mol. The molecule has 1 aliphatic carbocycles. The van der Waals surface area contributed by atoms with E-state index in [2.05, 4.69) is 20.7 Å². The third-order valence-corrected chi connectivity index (χ3v) is 5.92. The van der Waals surface area contributed by atoms with E-state index in [0.29, 0.717) is 10.4 Å². The molecule has 7 heteroatoms. The van der Waals surface area contributed by atoms with E-state index in [-0.39, 0.29) is 16.5 Å². The van der Waals surface area contributed by atoms with Gasteiger partial charge in [0.15, 0.2) is 0 Å². The Morgan fingerprint density at radius 2 is 2.10 bits per heavy atom. The van der Waals surface area contributed by atoms with Gasteiger partial charge in [0.2, 0.25) is 10.0 Å². The predicted octanol–water partition coefficient (Wildman–Crippen LogP) is 2.61. The van der Waals surface area contributed by atoms with Crippen molar-refractivity contribution in [1.29, 1.82) is 0 Å². The molecule has 1 aromatic carbocycles. The molecule has 0 heterocycles. The summed E-state index contributed by atoms with van der Waals surface area (Å²) >= 11 is 3.10. The number of hydrogen-bond donors (Lipinski definition) is 2. The van der Waals surface area contributed by atoms with Crippen LogP contribution in [0.2, 0.25) is 0 Å². The molecule has 1 unspecified atom stereocenters. The number of aromatic carboxylic acids is 1. The van der Waals surface area contributed by atoms with Crippen molar-refractivity contribution in [1.82, 2.24) is 4.72 Å². The third kappa shape index (κ3) is 3.21. The summed E-state index contributed by atoms with van der Waals surface area (Å²) in [7, 11) is -3.69. The Labute approximate surface area is 126 Å². The van der Waals surface area contributed by atoms with Gasteiger partial charge in [0.05, 0.1) is 10.5 Å². The number of nitrogens with one attached hydrogen (secondary N) is 1. The minimum Gasteiger partial charge on any atom is -0.478 e. The average Bonchev–Trinajstić information content (AvgIpc) is 2.25. The summed E-state index contributed by atoms with van der Waals surface area (Å²) in [5.41, 5.74) is -0.0656. The van der Waals surface area contributed by atoms with E-state index in [1.807, 2.05) is 6.92 Å². The van der Waals surface area contributed by atoms with Gasteiger partial charge in [0.25, 0.3) is 0 Å². The largest absolute Gasteiger partial charge is 0.478 e. The number of carboxylic acid groups (broad SMARTS) is 1. The van der Waals surface area contributed by atoms with Crippen LogP contribution in [0.1, 0.15) is 36.5 Å². The molecule has 0 saturated heterocycles. The highest BCUT2D eigenvalue weighted by molar-refractivity contribution is 9.10. The Balaban J connectivity index is 2.24. The SMILES string of the molecule is CC(NS(=O)(=O)c1ccc(Br)c(C(=O)O)c1)C1CCC1. The highest BCUT2D eigenvalue weighted by Gasteiger charge is 2.28. The van der Waals surface area contributed by atoms with Crippen LogP contribution in [0, 0.1) is 5.92 Å². The highest BCUT2D eigenvalue weighted by Crippen LogP contribution is 2.30. The fraction of sp³-hybridized carbons (Fsp3) is 0.462. The first-order chi connectivity index (χ1) is 9.31. The smallest absolute Gasteiger partial charge is 0.336 e. The van der Waals surface area contributed by atoms with E-state index in [1.54, 1.807) is 0 Å². The van der Waals surface area contributed by atoms with Gasteiger partial charge in [-0.05, 0) is 59.8 Å². The number of sulfonamides is 1. The topological polar surface area (TPSA) is 83.5 Å². The second-order valence-corrected chi connectivity index (χ2v) is 7.62. The molecule has 5 nitrogen and oxygen atoms in total. The van der Waals surface area contributed by atoms with Crippen molar-refractivity contribution in [2.24, 2.45) is 5.92 Å². The lowest BCUT2D eigenvalue weighted by Gasteiger charge is -2.31. The van der Waals surface area contributed by atoms with E-state index < -0.39 is 16.0 Å². The van der Waals surface area contributed by atoms with Crippen LogP contribution in [0.5, 0.6) is 0 Å². The van der Waals surface area contributed by atoms with Gasteiger partial charge >= 0.3 is 5.97 Å². The van der Waals surface area contributed by atoms with Crippen molar-refractivity contribution in [3.63, 3.8) is 0 Å². The van der Waals surface area contributed by atoms with Crippen LogP contribution in [0.3, 0.4) is 0 Å². The highest BCUT2D eigenvalue weighted by atomic mass is 79.9. The standard InChI is InChI=1S/C13H16BrNO4S/c1-8(9-3-2-4-9)15-20(18,19)10-5-6-12(14)11(7-10)13(16)17/h5-9,15H,2-4H2,1H3,(H,16,17). The zero-order valence-electron chi connectivity index (χ0n) is 11.0. The molecule has 0 aliphatic heterocycles. The van der Waals surface area contributed by atoms with Crippen LogP contribution in [-0.4, -0.2) is 25.5 Å². The van der Waals surface area contributed by atoms with Crippen LogP contribution in [0.25, 0.3) is 0 Å². The Morgan fingerprint density at radius 1 is 1.45 bits per heavy atom. The Morgan fingerprint density at radius 3 is 2.60 bits per heavy atom. The van der Waals surface area contributed by atoms with Crippen LogP contribution in [0.4, 0.5) is 0 Å². The molecule has 20 heavy (non-hydrogen) atoms. The van der Waals surface area contributed by atoms with Crippen molar-refractivity contribution in [3.05, 3.63) is 28.2 Å². The molecule has 110 valence electrons. The van der Waals surface area contributed by atoms with Crippen LogP contribution in [0.15, 0.2) is 27.6 Å². The first-order valence-electron chi connectivity index (χ1n) is 6.36. The van der Waals surface area contributed by atoms with Crippen molar-refractivity contribution in [2.45, 2.75) is 37.1 Å². The fourth-order valence-electron chi connectivity index (χ4n) is 2.18. The Hall–Kier alpha value is -0.920. The molecule has 2 N–H and O–H groups in total. The molecule has 0 bridgehead atoms. The maximum atomic E-state index is 12.3. The van der Waals surface area contributed by atoms with E-state index >= 15 is 0 Å². The zero-order valence-corrected chi connectivity index (χ0v) is 13.4. The molecular weight excluding hydrogens is 346 g/mol. The van der Waals surface area contributed by atoms with Gasteiger partial charge < -0.3 is 5.11 Å².